The fourth-order valence-corrected chi connectivity index (χ4v) is 3.73. The first-order chi connectivity index (χ1) is 11.7. The van der Waals surface area contributed by atoms with Crippen LogP contribution >= 0.6 is 0 Å². The molecule has 124 valence electrons. The summed E-state index contributed by atoms with van der Waals surface area (Å²) in [7, 11) is 0. The molecule has 1 atom stereocenters. The minimum absolute atomic E-state index is 0.0216. The molecule has 0 aliphatic carbocycles. The zero-order valence-corrected chi connectivity index (χ0v) is 13.5. The van der Waals surface area contributed by atoms with Crippen LogP contribution in [0.2, 0.25) is 0 Å². The van der Waals surface area contributed by atoms with Crippen LogP contribution in [0.3, 0.4) is 0 Å². The zero-order valence-electron chi connectivity index (χ0n) is 13.5. The third kappa shape index (κ3) is 2.58. The molecule has 0 radical (unpaired) electrons. The Bertz CT molecular complexity index is 816. The van der Waals surface area contributed by atoms with Crippen LogP contribution in [0.1, 0.15) is 19.3 Å². The Morgan fingerprint density at radius 2 is 2.00 bits per heavy atom. The van der Waals surface area contributed by atoms with Crippen molar-refractivity contribution in [3.05, 3.63) is 53.2 Å². The van der Waals surface area contributed by atoms with Gasteiger partial charge in [-0.3, -0.25) is 9.36 Å². The van der Waals surface area contributed by atoms with Gasteiger partial charge in [-0.05, 0) is 37.5 Å². The first kappa shape index (κ1) is 14.9. The maximum atomic E-state index is 12.9. The molecule has 0 spiro atoms. The summed E-state index contributed by atoms with van der Waals surface area (Å²) >= 11 is 0. The van der Waals surface area contributed by atoms with Gasteiger partial charge in [0.25, 0.3) is 0 Å². The Morgan fingerprint density at radius 1 is 1.17 bits per heavy atom. The third-order valence-electron chi connectivity index (χ3n) is 4.89. The van der Waals surface area contributed by atoms with Crippen LogP contribution in [0.25, 0.3) is 0 Å². The monoisotopic (exact) mass is 324 g/mol. The predicted octanol–water partition coefficient (Wildman–Crippen LogP) is 1.65. The third-order valence-corrected chi connectivity index (χ3v) is 4.89. The fourth-order valence-electron chi connectivity index (χ4n) is 3.73. The van der Waals surface area contributed by atoms with Crippen LogP contribution in [-0.4, -0.2) is 34.6 Å². The van der Waals surface area contributed by atoms with Gasteiger partial charge in [0.15, 0.2) is 0 Å². The van der Waals surface area contributed by atoms with E-state index in [0.29, 0.717) is 12.6 Å². The van der Waals surface area contributed by atoms with Crippen LogP contribution in [0.15, 0.2) is 47.5 Å². The number of hydrogen-bond donors (Lipinski definition) is 0. The van der Waals surface area contributed by atoms with Crippen LogP contribution in [0.4, 0.5) is 11.4 Å². The molecule has 6 heteroatoms. The standard InChI is InChI=1S/C18H20N4O2/c23-17(13-20-10-5-9-19-18(20)24)22-12-14-6-3-4-11-21(14)15-7-1-2-8-16(15)22/h1-2,5,7-10,14H,3-4,6,11-13H2/t14-/m1/s1. The largest absolute Gasteiger partial charge is 0.365 e. The van der Waals surface area contributed by atoms with Crippen molar-refractivity contribution in [1.29, 1.82) is 0 Å². The van der Waals surface area contributed by atoms with Crippen LogP contribution in [-0.2, 0) is 11.3 Å². The molecule has 1 fully saturated rings. The Kier molecular flexibility index (Phi) is 3.80. The van der Waals surface area contributed by atoms with Crippen molar-refractivity contribution >= 4 is 17.3 Å². The van der Waals surface area contributed by atoms with Crippen molar-refractivity contribution < 1.29 is 4.79 Å². The zero-order chi connectivity index (χ0) is 16.5. The minimum Gasteiger partial charge on any atom is -0.365 e. The van der Waals surface area contributed by atoms with Gasteiger partial charge in [-0.1, -0.05) is 12.1 Å². The summed E-state index contributed by atoms with van der Waals surface area (Å²) in [5.41, 5.74) is 1.67. The second-order valence-corrected chi connectivity index (χ2v) is 6.37. The average Bonchev–Trinajstić information content (AvgIpc) is 2.63. The Hall–Kier alpha value is -2.63. The van der Waals surface area contributed by atoms with Gasteiger partial charge >= 0.3 is 5.69 Å². The molecule has 1 amide bonds. The molecule has 4 rings (SSSR count). The van der Waals surface area contributed by atoms with Crippen molar-refractivity contribution in [3.8, 4) is 0 Å². The van der Waals surface area contributed by atoms with E-state index >= 15 is 0 Å². The summed E-state index contributed by atoms with van der Waals surface area (Å²) in [6.07, 6.45) is 6.55. The van der Waals surface area contributed by atoms with E-state index in [2.05, 4.69) is 16.0 Å². The van der Waals surface area contributed by atoms with Gasteiger partial charge in [0.2, 0.25) is 5.91 Å². The number of rotatable bonds is 2. The molecule has 1 aromatic carbocycles. The summed E-state index contributed by atoms with van der Waals surface area (Å²) in [5, 5.41) is 0. The summed E-state index contributed by atoms with van der Waals surface area (Å²) < 4.78 is 1.36. The number of carbonyl (C=O) groups is 1. The quantitative estimate of drug-likeness (QED) is 0.843. The van der Waals surface area contributed by atoms with E-state index in [-0.39, 0.29) is 12.5 Å². The first-order valence-electron chi connectivity index (χ1n) is 8.41. The number of carbonyl (C=O) groups excluding carboxylic acids is 1. The van der Waals surface area contributed by atoms with E-state index in [9.17, 15) is 9.59 Å². The topological polar surface area (TPSA) is 58.4 Å². The molecule has 1 aromatic heterocycles. The molecular formula is C18H20N4O2. The van der Waals surface area contributed by atoms with Crippen molar-refractivity contribution in [2.75, 3.05) is 22.9 Å². The number of nitrogens with zero attached hydrogens (tertiary/aromatic N) is 4. The van der Waals surface area contributed by atoms with E-state index in [1.807, 2.05) is 23.1 Å². The van der Waals surface area contributed by atoms with Gasteiger partial charge in [-0.25, -0.2) is 9.78 Å². The normalized spacial score (nSPS) is 19.6. The molecule has 2 aliphatic heterocycles. The number of benzene rings is 1. The molecule has 2 aliphatic rings. The molecular weight excluding hydrogens is 304 g/mol. The number of piperidine rings is 1. The predicted molar refractivity (Wildman–Crippen MR) is 92.3 cm³/mol. The van der Waals surface area contributed by atoms with Crippen molar-refractivity contribution in [1.82, 2.24) is 9.55 Å². The molecule has 0 N–H and O–H groups in total. The highest BCUT2D eigenvalue weighted by atomic mass is 16.2. The highest BCUT2D eigenvalue weighted by molar-refractivity contribution is 5.98. The van der Waals surface area contributed by atoms with E-state index < -0.39 is 5.69 Å². The number of para-hydroxylation sites is 2. The van der Waals surface area contributed by atoms with Crippen LogP contribution in [0, 0.1) is 0 Å². The lowest BCUT2D eigenvalue weighted by Crippen LogP contribution is -2.53. The number of fused-ring (bicyclic) bond motifs is 3. The van der Waals surface area contributed by atoms with E-state index in [1.54, 1.807) is 12.3 Å². The second-order valence-electron chi connectivity index (χ2n) is 6.37. The van der Waals surface area contributed by atoms with Gasteiger partial charge in [0.1, 0.15) is 6.54 Å². The molecule has 0 saturated carbocycles. The molecule has 24 heavy (non-hydrogen) atoms. The van der Waals surface area contributed by atoms with Gasteiger partial charge in [-0.2, -0.15) is 0 Å². The number of aromatic nitrogens is 2. The fraction of sp³-hybridized carbons (Fsp3) is 0.389. The van der Waals surface area contributed by atoms with Crippen molar-refractivity contribution in [2.24, 2.45) is 0 Å². The van der Waals surface area contributed by atoms with Gasteiger partial charge in [0.05, 0.1) is 11.4 Å². The van der Waals surface area contributed by atoms with E-state index in [1.165, 1.54) is 23.6 Å². The molecule has 2 aromatic rings. The molecule has 1 saturated heterocycles. The Balaban J connectivity index is 1.66. The van der Waals surface area contributed by atoms with E-state index in [4.69, 9.17) is 0 Å². The number of amides is 1. The molecule has 0 unspecified atom stereocenters. The average molecular weight is 324 g/mol. The molecule has 3 heterocycles. The van der Waals surface area contributed by atoms with E-state index in [0.717, 1.165) is 24.3 Å². The summed E-state index contributed by atoms with van der Waals surface area (Å²) in [5.74, 6) is -0.0669. The Morgan fingerprint density at radius 3 is 2.83 bits per heavy atom. The molecule has 0 bridgehead atoms. The summed E-state index contributed by atoms with van der Waals surface area (Å²) in [4.78, 5) is 32.6. The lowest BCUT2D eigenvalue weighted by Gasteiger charge is -2.46. The maximum absolute atomic E-state index is 12.9. The van der Waals surface area contributed by atoms with Gasteiger partial charge in [0, 0.05) is 31.5 Å². The van der Waals surface area contributed by atoms with Crippen molar-refractivity contribution in [2.45, 2.75) is 31.8 Å². The highest BCUT2D eigenvalue weighted by Gasteiger charge is 2.34. The van der Waals surface area contributed by atoms with Crippen LogP contribution in [0.5, 0.6) is 0 Å². The van der Waals surface area contributed by atoms with Gasteiger partial charge < -0.3 is 9.80 Å². The SMILES string of the molecule is O=C(Cn1cccnc1=O)N1C[C@H]2CCCCN2c2ccccc21. The lowest BCUT2D eigenvalue weighted by atomic mass is 9.97. The second kappa shape index (κ2) is 6.11. The van der Waals surface area contributed by atoms with Crippen LogP contribution < -0.4 is 15.5 Å². The van der Waals surface area contributed by atoms with Gasteiger partial charge in [-0.15, -0.1) is 0 Å². The number of hydrogen-bond acceptors (Lipinski definition) is 4. The number of anilines is 2. The van der Waals surface area contributed by atoms with Crippen molar-refractivity contribution in [3.63, 3.8) is 0 Å². The summed E-state index contributed by atoms with van der Waals surface area (Å²) in [6, 6.07) is 10.1. The Labute approximate surface area is 140 Å². The lowest BCUT2D eigenvalue weighted by molar-refractivity contribution is -0.119. The first-order valence-corrected chi connectivity index (χ1v) is 8.41. The smallest absolute Gasteiger partial charge is 0.347 e. The minimum atomic E-state index is -0.393. The maximum Gasteiger partial charge on any atom is 0.347 e. The summed E-state index contributed by atoms with van der Waals surface area (Å²) in [6.45, 7) is 1.75. The highest BCUT2D eigenvalue weighted by Crippen LogP contribution is 2.38. The molecule has 6 nitrogen and oxygen atoms in total.